The van der Waals surface area contributed by atoms with Crippen LogP contribution in [0.3, 0.4) is 0 Å². The van der Waals surface area contributed by atoms with E-state index in [4.69, 9.17) is 4.74 Å². The van der Waals surface area contributed by atoms with Crippen molar-refractivity contribution in [1.82, 2.24) is 5.32 Å². The number of carbonyl (C=O) groups is 1. The third-order valence-electron chi connectivity index (χ3n) is 4.35. The summed E-state index contributed by atoms with van der Waals surface area (Å²) in [5, 5.41) is 5.73. The number of rotatable bonds is 4. The van der Waals surface area contributed by atoms with E-state index in [1.165, 1.54) is 19.2 Å². The summed E-state index contributed by atoms with van der Waals surface area (Å²) >= 11 is 3.47. The highest BCUT2D eigenvalue weighted by molar-refractivity contribution is 9.10. The molecule has 2 aromatic carbocycles. The van der Waals surface area contributed by atoms with Crippen molar-refractivity contribution in [1.29, 1.82) is 0 Å². The number of hydrogen-bond acceptors (Lipinski definition) is 2. The van der Waals surface area contributed by atoms with Crippen LogP contribution in [0.15, 0.2) is 46.9 Å². The fraction of sp³-hybridized carbons (Fsp3) is 0.278. The van der Waals surface area contributed by atoms with Gasteiger partial charge in [0.1, 0.15) is 0 Å². The van der Waals surface area contributed by atoms with E-state index in [9.17, 15) is 9.18 Å². The maximum Gasteiger partial charge on any atom is 0.319 e. The van der Waals surface area contributed by atoms with Gasteiger partial charge in [-0.2, -0.15) is 0 Å². The average molecular weight is 393 g/mol. The number of ether oxygens (including phenoxy) is 1. The highest BCUT2D eigenvalue weighted by Crippen LogP contribution is 2.42. The third-order valence-corrected chi connectivity index (χ3v) is 4.84. The molecule has 0 spiro atoms. The highest BCUT2D eigenvalue weighted by atomic mass is 79.9. The quantitative estimate of drug-likeness (QED) is 0.784. The Balaban J connectivity index is 1.72. The number of amides is 2. The molecule has 1 fully saturated rings. The number of anilines is 1. The molecular formula is C18H18BrFN2O2. The van der Waals surface area contributed by atoms with E-state index in [2.05, 4.69) is 26.6 Å². The van der Waals surface area contributed by atoms with Crippen molar-refractivity contribution in [2.24, 2.45) is 0 Å². The van der Waals surface area contributed by atoms with Crippen LogP contribution >= 0.6 is 15.9 Å². The van der Waals surface area contributed by atoms with Crippen LogP contribution in [0.1, 0.15) is 24.8 Å². The highest BCUT2D eigenvalue weighted by Gasteiger charge is 2.40. The fourth-order valence-electron chi connectivity index (χ4n) is 2.93. The Morgan fingerprint density at radius 3 is 2.62 bits per heavy atom. The lowest BCUT2D eigenvalue weighted by atomic mass is 9.72. The van der Waals surface area contributed by atoms with E-state index >= 15 is 0 Å². The van der Waals surface area contributed by atoms with Crippen LogP contribution in [-0.4, -0.2) is 13.1 Å². The van der Waals surface area contributed by atoms with E-state index in [0.29, 0.717) is 5.69 Å². The zero-order valence-electron chi connectivity index (χ0n) is 13.2. The molecule has 0 aromatic heterocycles. The van der Waals surface area contributed by atoms with Crippen molar-refractivity contribution in [3.05, 3.63) is 58.3 Å². The average Bonchev–Trinajstić information content (AvgIpc) is 2.51. The fourth-order valence-corrected chi connectivity index (χ4v) is 3.33. The predicted molar refractivity (Wildman–Crippen MR) is 94.8 cm³/mol. The Morgan fingerprint density at radius 2 is 2.04 bits per heavy atom. The van der Waals surface area contributed by atoms with Crippen molar-refractivity contribution in [3.8, 4) is 5.75 Å². The summed E-state index contributed by atoms with van der Waals surface area (Å²) in [6.45, 7) is 0. The molecule has 6 heteroatoms. The Morgan fingerprint density at radius 1 is 1.25 bits per heavy atom. The molecule has 1 aliphatic rings. The van der Waals surface area contributed by atoms with E-state index in [1.54, 1.807) is 6.07 Å². The second-order valence-corrected chi connectivity index (χ2v) is 6.79. The van der Waals surface area contributed by atoms with Gasteiger partial charge in [0.05, 0.1) is 12.6 Å². The van der Waals surface area contributed by atoms with Crippen molar-refractivity contribution < 1.29 is 13.9 Å². The van der Waals surface area contributed by atoms with Gasteiger partial charge in [0, 0.05) is 16.2 Å². The molecule has 2 amide bonds. The minimum atomic E-state index is -0.513. The van der Waals surface area contributed by atoms with Gasteiger partial charge in [-0.25, -0.2) is 9.18 Å². The van der Waals surface area contributed by atoms with Crippen molar-refractivity contribution in [3.63, 3.8) is 0 Å². The standard InChI is InChI=1S/C18H18BrFN2O2/c1-24-16-7-6-14(11-15(16)20)21-17(23)22-18(8-3-9-18)12-4-2-5-13(19)10-12/h2,4-7,10-11H,3,8-9H2,1H3,(H2,21,22,23). The Bertz CT molecular complexity index is 762. The number of methoxy groups -OCH3 is 1. The van der Waals surface area contributed by atoms with Gasteiger partial charge in [-0.15, -0.1) is 0 Å². The van der Waals surface area contributed by atoms with Crippen LogP contribution in [0, 0.1) is 5.82 Å². The van der Waals surface area contributed by atoms with Crippen molar-refractivity contribution in [2.75, 3.05) is 12.4 Å². The van der Waals surface area contributed by atoms with Gasteiger partial charge < -0.3 is 15.4 Å². The van der Waals surface area contributed by atoms with E-state index < -0.39 is 5.82 Å². The van der Waals surface area contributed by atoms with Gasteiger partial charge in [-0.05, 0) is 49.1 Å². The minimum Gasteiger partial charge on any atom is -0.494 e. The summed E-state index contributed by atoms with van der Waals surface area (Å²) in [6.07, 6.45) is 2.83. The molecule has 0 atom stereocenters. The molecule has 126 valence electrons. The first-order valence-electron chi connectivity index (χ1n) is 7.71. The first kappa shape index (κ1) is 16.8. The molecule has 3 rings (SSSR count). The first-order valence-corrected chi connectivity index (χ1v) is 8.50. The lowest BCUT2D eigenvalue weighted by Gasteiger charge is -2.43. The Hall–Kier alpha value is -2.08. The van der Waals surface area contributed by atoms with Crippen LogP contribution in [0.25, 0.3) is 0 Å². The number of nitrogens with one attached hydrogen (secondary N) is 2. The van der Waals surface area contributed by atoms with Gasteiger partial charge in [-0.1, -0.05) is 28.1 Å². The van der Waals surface area contributed by atoms with Gasteiger partial charge >= 0.3 is 6.03 Å². The van der Waals surface area contributed by atoms with Crippen molar-refractivity contribution in [2.45, 2.75) is 24.8 Å². The maximum absolute atomic E-state index is 13.7. The van der Waals surface area contributed by atoms with Crippen LogP contribution in [0.4, 0.5) is 14.9 Å². The molecule has 0 radical (unpaired) electrons. The van der Waals surface area contributed by atoms with E-state index in [0.717, 1.165) is 29.3 Å². The molecule has 0 unspecified atom stereocenters. The number of benzene rings is 2. The summed E-state index contributed by atoms with van der Waals surface area (Å²) in [5.41, 5.74) is 1.09. The number of urea groups is 1. The molecule has 1 aliphatic carbocycles. The van der Waals surface area contributed by atoms with E-state index in [-0.39, 0.29) is 17.3 Å². The first-order chi connectivity index (χ1) is 11.5. The number of carbonyl (C=O) groups excluding carboxylic acids is 1. The zero-order chi connectivity index (χ0) is 17.2. The van der Waals surface area contributed by atoms with Gasteiger partial charge in [-0.3, -0.25) is 0 Å². The van der Waals surface area contributed by atoms with E-state index in [1.807, 2.05) is 24.3 Å². The molecule has 2 N–H and O–H groups in total. The molecule has 0 saturated heterocycles. The third kappa shape index (κ3) is 3.38. The van der Waals surface area contributed by atoms with Crippen molar-refractivity contribution >= 4 is 27.6 Å². The van der Waals surface area contributed by atoms with Crippen LogP contribution in [0.2, 0.25) is 0 Å². The molecule has 24 heavy (non-hydrogen) atoms. The summed E-state index contributed by atoms with van der Waals surface area (Å²) in [7, 11) is 1.40. The van der Waals surface area contributed by atoms with Crippen LogP contribution in [-0.2, 0) is 5.54 Å². The second kappa shape index (κ2) is 6.81. The van der Waals surface area contributed by atoms with Gasteiger partial charge in [0.25, 0.3) is 0 Å². The second-order valence-electron chi connectivity index (χ2n) is 5.87. The normalized spacial score (nSPS) is 15.3. The molecule has 0 heterocycles. The topological polar surface area (TPSA) is 50.4 Å². The monoisotopic (exact) mass is 392 g/mol. The molecule has 0 aliphatic heterocycles. The molecule has 0 bridgehead atoms. The lowest BCUT2D eigenvalue weighted by molar-refractivity contribution is 0.185. The van der Waals surface area contributed by atoms with Crippen LogP contribution < -0.4 is 15.4 Å². The summed E-state index contributed by atoms with van der Waals surface area (Å²) < 4.78 is 19.6. The number of hydrogen-bond donors (Lipinski definition) is 2. The van der Waals surface area contributed by atoms with Gasteiger partial charge in [0.15, 0.2) is 11.6 Å². The molecule has 4 nitrogen and oxygen atoms in total. The predicted octanol–water partition coefficient (Wildman–Crippen LogP) is 4.80. The molecule has 2 aromatic rings. The minimum absolute atomic E-state index is 0.144. The largest absolute Gasteiger partial charge is 0.494 e. The van der Waals surface area contributed by atoms with Gasteiger partial charge in [0.2, 0.25) is 0 Å². The zero-order valence-corrected chi connectivity index (χ0v) is 14.8. The summed E-state index contributed by atoms with van der Waals surface area (Å²) in [6, 6.07) is 11.9. The molecular weight excluding hydrogens is 375 g/mol. The molecule has 1 saturated carbocycles. The smallest absolute Gasteiger partial charge is 0.319 e. The lowest BCUT2D eigenvalue weighted by Crippen LogP contribution is -2.52. The SMILES string of the molecule is COc1ccc(NC(=O)NC2(c3cccc(Br)c3)CCC2)cc1F. The van der Waals surface area contributed by atoms with Crippen LogP contribution in [0.5, 0.6) is 5.75 Å². The summed E-state index contributed by atoms with van der Waals surface area (Å²) in [4.78, 5) is 12.4. The number of halogens is 2. The Labute approximate surface area is 148 Å². The summed E-state index contributed by atoms with van der Waals surface area (Å²) in [5.74, 6) is -0.369. The Kier molecular flexibility index (Phi) is 4.76. The maximum atomic E-state index is 13.7.